The Morgan fingerprint density at radius 3 is 2.80 bits per heavy atom. The second-order valence-corrected chi connectivity index (χ2v) is 7.50. The summed E-state index contributed by atoms with van der Waals surface area (Å²) in [6.45, 7) is 4.76. The van der Waals surface area contributed by atoms with Crippen LogP contribution < -0.4 is 25.0 Å². The molecule has 0 aliphatic carbocycles. The number of benzene rings is 2. The highest BCUT2D eigenvalue weighted by atomic mass is 35.5. The van der Waals surface area contributed by atoms with Gasteiger partial charge in [-0.3, -0.25) is 9.59 Å². The lowest BCUT2D eigenvalue weighted by Crippen LogP contribution is -2.50. The standard InChI is InChI=1S/C22H26ClN3O4/c1-4-9-24-22(28)20-12-26(17-7-5-6-8-18(17)30-20)13-21(27)25-16-10-14(2)15(23)11-19(16)29-3/h5-8,10-11,20H,4,9,12-13H2,1-3H3,(H,24,28)(H,25,27). The second kappa shape index (κ2) is 9.71. The van der Waals surface area contributed by atoms with Crippen molar-refractivity contribution in [2.45, 2.75) is 26.4 Å². The zero-order valence-electron chi connectivity index (χ0n) is 17.3. The van der Waals surface area contributed by atoms with Crippen molar-refractivity contribution in [2.75, 3.05) is 37.0 Å². The summed E-state index contributed by atoms with van der Waals surface area (Å²) in [5, 5.41) is 6.30. The Labute approximate surface area is 181 Å². The molecule has 0 bridgehead atoms. The Morgan fingerprint density at radius 2 is 2.07 bits per heavy atom. The van der Waals surface area contributed by atoms with Crippen molar-refractivity contribution in [1.82, 2.24) is 5.32 Å². The Kier molecular flexibility index (Phi) is 7.05. The second-order valence-electron chi connectivity index (χ2n) is 7.10. The van der Waals surface area contributed by atoms with E-state index in [2.05, 4.69) is 10.6 Å². The van der Waals surface area contributed by atoms with E-state index in [0.717, 1.165) is 17.7 Å². The summed E-state index contributed by atoms with van der Waals surface area (Å²) in [7, 11) is 1.52. The maximum Gasteiger partial charge on any atom is 0.262 e. The van der Waals surface area contributed by atoms with Crippen molar-refractivity contribution in [3.05, 3.63) is 47.0 Å². The van der Waals surface area contributed by atoms with Gasteiger partial charge in [0.25, 0.3) is 5.91 Å². The summed E-state index contributed by atoms with van der Waals surface area (Å²) < 4.78 is 11.2. The molecule has 30 heavy (non-hydrogen) atoms. The fourth-order valence-electron chi connectivity index (χ4n) is 3.25. The molecule has 2 aromatic rings. The molecule has 0 radical (unpaired) electrons. The first kappa shape index (κ1) is 21.8. The molecule has 1 aliphatic rings. The zero-order chi connectivity index (χ0) is 21.7. The summed E-state index contributed by atoms with van der Waals surface area (Å²) in [5.41, 5.74) is 2.15. The first-order chi connectivity index (χ1) is 14.4. The molecule has 0 fully saturated rings. The number of carbonyl (C=O) groups excluding carboxylic acids is 2. The number of ether oxygens (including phenoxy) is 2. The minimum Gasteiger partial charge on any atom is -0.495 e. The number of carbonyl (C=O) groups is 2. The third kappa shape index (κ3) is 4.97. The minimum atomic E-state index is -0.688. The molecule has 1 unspecified atom stereocenters. The van der Waals surface area contributed by atoms with Gasteiger partial charge < -0.3 is 25.0 Å². The van der Waals surface area contributed by atoms with Crippen molar-refractivity contribution in [3.63, 3.8) is 0 Å². The van der Waals surface area contributed by atoms with Crippen molar-refractivity contribution in [2.24, 2.45) is 0 Å². The fraction of sp³-hybridized carbons (Fsp3) is 0.364. The van der Waals surface area contributed by atoms with Gasteiger partial charge in [0.05, 0.1) is 31.6 Å². The number of anilines is 2. The quantitative estimate of drug-likeness (QED) is 0.702. The van der Waals surface area contributed by atoms with Gasteiger partial charge in [0.1, 0.15) is 11.5 Å². The molecule has 2 aromatic carbocycles. The summed E-state index contributed by atoms with van der Waals surface area (Å²) in [6, 6.07) is 10.8. The molecule has 2 N–H and O–H groups in total. The van der Waals surface area contributed by atoms with Crippen LogP contribution in [0.1, 0.15) is 18.9 Å². The molecular weight excluding hydrogens is 406 g/mol. The number of fused-ring (bicyclic) bond motifs is 1. The molecule has 7 nitrogen and oxygen atoms in total. The van der Waals surface area contributed by atoms with Crippen LogP contribution in [0.5, 0.6) is 11.5 Å². The molecule has 3 rings (SSSR count). The number of rotatable bonds is 7. The van der Waals surface area contributed by atoms with E-state index in [-0.39, 0.29) is 24.9 Å². The lowest BCUT2D eigenvalue weighted by molar-refractivity contribution is -0.128. The zero-order valence-corrected chi connectivity index (χ0v) is 18.1. The largest absolute Gasteiger partial charge is 0.495 e. The number of halogens is 1. The number of amides is 2. The van der Waals surface area contributed by atoms with Crippen LogP contribution in [0.2, 0.25) is 5.02 Å². The third-order valence-corrected chi connectivity index (χ3v) is 5.20. The highest BCUT2D eigenvalue weighted by molar-refractivity contribution is 6.31. The SMILES string of the molecule is CCCNC(=O)C1CN(CC(=O)Nc2cc(C)c(Cl)cc2OC)c2ccccc2O1. The predicted octanol–water partition coefficient (Wildman–Crippen LogP) is 3.39. The summed E-state index contributed by atoms with van der Waals surface area (Å²) in [6.07, 6.45) is 0.148. The van der Waals surface area contributed by atoms with E-state index in [4.69, 9.17) is 21.1 Å². The van der Waals surface area contributed by atoms with Crippen LogP contribution in [0.25, 0.3) is 0 Å². The van der Waals surface area contributed by atoms with E-state index in [1.165, 1.54) is 7.11 Å². The highest BCUT2D eigenvalue weighted by Crippen LogP contribution is 2.34. The summed E-state index contributed by atoms with van der Waals surface area (Å²) in [5.74, 6) is 0.637. The molecule has 1 heterocycles. The van der Waals surface area contributed by atoms with Gasteiger partial charge in [-0.2, -0.15) is 0 Å². The van der Waals surface area contributed by atoms with Gasteiger partial charge in [0.15, 0.2) is 6.10 Å². The predicted molar refractivity (Wildman–Crippen MR) is 118 cm³/mol. The van der Waals surface area contributed by atoms with Crippen LogP contribution in [0, 0.1) is 6.92 Å². The normalized spacial score (nSPS) is 15.1. The molecule has 1 atom stereocenters. The van der Waals surface area contributed by atoms with E-state index >= 15 is 0 Å². The van der Waals surface area contributed by atoms with Gasteiger partial charge in [-0.1, -0.05) is 30.7 Å². The number of nitrogens with zero attached hydrogens (tertiary/aromatic N) is 1. The van der Waals surface area contributed by atoms with Crippen LogP contribution in [0.15, 0.2) is 36.4 Å². The van der Waals surface area contributed by atoms with Crippen LogP contribution in [0.4, 0.5) is 11.4 Å². The lowest BCUT2D eigenvalue weighted by atomic mass is 10.1. The summed E-state index contributed by atoms with van der Waals surface area (Å²) >= 11 is 6.14. The number of hydrogen-bond acceptors (Lipinski definition) is 5. The maximum atomic E-state index is 12.8. The molecule has 2 amide bonds. The number of aryl methyl sites for hydroxylation is 1. The van der Waals surface area contributed by atoms with Gasteiger partial charge in [0, 0.05) is 17.6 Å². The Bertz CT molecular complexity index is 935. The van der Waals surface area contributed by atoms with E-state index in [1.54, 1.807) is 18.2 Å². The summed E-state index contributed by atoms with van der Waals surface area (Å²) in [4.78, 5) is 27.1. The van der Waals surface area contributed by atoms with Gasteiger partial charge in [-0.05, 0) is 37.1 Å². The molecule has 0 aromatic heterocycles. The van der Waals surface area contributed by atoms with Gasteiger partial charge >= 0.3 is 0 Å². The Morgan fingerprint density at radius 1 is 1.30 bits per heavy atom. The van der Waals surface area contributed by atoms with Gasteiger partial charge in [-0.15, -0.1) is 0 Å². The van der Waals surface area contributed by atoms with Crippen LogP contribution in [0.3, 0.4) is 0 Å². The number of methoxy groups -OCH3 is 1. The molecule has 160 valence electrons. The molecule has 1 aliphatic heterocycles. The van der Waals surface area contributed by atoms with Crippen LogP contribution >= 0.6 is 11.6 Å². The van der Waals surface area contributed by atoms with Crippen LogP contribution in [-0.2, 0) is 9.59 Å². The number of hydrogen-bond donors (Lipinski definition) is 2. The average molecular weight is 432 g/mol. The van der Waals surface area contributed by atoms with Gasteiger partial charge in [-0.25, -0.2) is 0 Å². The maximum absolute atomic E-state index is 12.8. The van der Waals surface area contributed by atoms with E-state index in [0.29, 0.717) is 28.8 Å². The molecule has 0 spiro atoms. The average Bonchev–Trinajstić information content (AvgIpc) is 2.74. The molecule has 0 saturated heterocycles. The van der Waals surface area contributed by atoms with Crippen molar-refractivity contribution in [1.29, 1.82) is 0 Å². The molecule has 0 saturated carbocycles. The Balaban J connectivity index is 1.76. The molecular formula is C22H26ClN3O4. The van der Waals surface area contributed by atoms with E-state index in [1.807, 2.05) is 36.9 Å². The fourth-order valence-corrected chi connectivity index (χ4v) is 3.40. The third-order valence-electron chi connectivity index (χ3n) is 4.79. The first-order valence-corrected chi connectivity index (χ1v) is 10.2. The molecule has 8 heteroatoms. The highest BCUT2D eigenvalue weighted by Gasteiger charge is 2.31. The number of nitrogens with one attached hydrogen (secondary N) is 2. The smallest absolute Gasteiger partial charge is 0.262 e. The number of para-hydroxylation sites is 2. The van der Waals surface area contributed by atoms with Crippen molar-refractivity contribution < 1.29 is 19.1 Å². The topological polar surface area (TPSA) is 79.9 Å². The van der Waals surface area contributed by atoms with Crippen molar-refractivity contribution in [3.8, 4) is 11.5 Å². The van der Waals surface area contributed by atoms with E-state index < -0.39 is 6.10 Å². The van der Waals surface area contributed by atoms with Crippen LogP contribution in [-0.4, -0.2) is 44.7 Å². The first-order valence-electron chi connectivity index (χ1n) is 9.85. The monoisotopic (exact) mass is 431 g/mol. The van der Waals surface area contributed by atoms with Gasteiger partial charge in [0.2, 0.25) is 5.91 Å². The minimum absolute atomic E-state index is 0.0583. The Hall–Kier alpha value is -2.93. The lowest BCUT2D eigenvalue weighted by Gasteiger charge is -2.35. The van der Waals surface area contributed by atoms with E-state index in [9.17, 15) is 9.59 Å². The van der Waals surface area contributed by atoms with Crippen molar-refractivity contribution >= 4 is 34.8 Å².